The third-order valence-electron chi connectivity index (χ3n) is 6.56. The molecule has 3 heteroatoms. The molecule has 4 rings (SSSR count). The van der Waals surface area contributed by atoms with Crippen LogP contribution in [0.5, 0.6) is 0 Å². The Morgan fingerprint density at radius 1 is 1.16 bits per heavy atom. The quantitative estimate of drug-likeness (QED) is 0.840. The number of rotatable bonds is 2. The lowest BCUT2D eigenvalue weighted by molar-refractivity contribution is -0.130. The molecule has 0 bridgehead atoms. The summed E-state index contributed by atoms with van der Waals surface area (Å²) in [6.45, 7) is 6.77. The van der Waals surface area contributed by atoms with Gasteiger partial charge in [-0.2, -0.15) is 0 Å². The Kier molecular flexibility index (Phi) is 4.05. The van der Waals surface area contributed by atoms with E-state index in [2.05, 4.69) is 49.3 Å². The number of hydrogen-bond acceptors (Lipinski definition) is 3. The molecule has 1 fully saturated rings. The summed E-state index contributed by atoms with van der Waals surface area (Å²) >= 11 is 0. The van der Waals surface area contributed by atoms with Crippen molar-refractivity contribution in [3.05, 3.63) is 36.0 Å². The second kappa shape index (κ2) is 6.12. The zero-order valence-electron chi connectivity index (χ0n) is 15.5. The molecule has 1 aromatic carbocycles. The zero-order chi connectivity index (χ0) is 17.6. The lowest BCUT2D eigenvalue weighted by Crippen LogP contribution is -2.48. The van der Waals surface area contributed by atoms with Crippen LogP contribution in [0.2, 0.25) is 0 Å². The van der Waals surface area contributed by atoms with E-state index in [0.717, 1.165) is 31.2 Å². The Hall–Kier alpha value is -1.90. The van der Waals surface area contributed by atoms with Crippen LogP contribution in [-0.2, 0) is 11.2 Å². The van der Waals surface area contributed by atoms with E-state index in [1.165, 1.54) is 23.1 Å². The second-order valence-corrected chi connectivity index (χ2v) is 8.64. The summed E-state index contributed by atoms with van der Waals surface area (Å²) in [5.74, 6) is 1.19. The largest absolute Gasteiger partial charge is 0.380 e. The van der Waals surface area contributed by atoms with Crippen LogP contribution in [0, 0.1) is 17.3 Å². The highest BCUT2D eigenvalue weighted by atomic mass is 16.1. The van der Waals surface area contributed by atoms with E-state index in [1.807, 2.05) is 12.3 Å². The van der Waals surface area contributed by atoms with Gasteiger partial charge in [-0.1, -0.05) is 39.0 Å². The summed E-state index contributed by atoms with van der Waals surface area (Å²) < 4.78 is 0. The predicted molar refractivity (Wildman–Crippen MR) is 103 cm³/mol. The zero-order valence-corrected chi connectivity index (χ0v) is 15.5. The van der Waals surface area contributed by atoms with Crippen LogP contribution in [0.3, 0.4) is 0 Å². The molecule has 2 aliphatic rings. The molecule has 132 valence electrons. The average Bonchev–Trinajstić information content (AvgIpc) is 2.60. The summed E-state index contributed by atoms with van der Waals surface area (Å²) in [6, 6.07) is 8.81. The first-order chi connectivity index (χ1) is 12.0. The monoisotopic (exact) mass is 336 g/mol. The molecular weight excluding hydrogens is 308 g/mol. The average molecular weight is 336 g/mol. The Balaban J connectivity index is 1.65. The number of ketones is 1. The van der Waals surface area contributed by atoms with E-state index >= 15 is 0 Å². The molecule has 0 spiro atoms. The van der Waals surface area contributed by atoms with Crippen molar-refractivity contribution in [3.63, 3.8) is 0 Å². The Labute approximate surface area is 150 Å². The standard InChI is InChI=1S/C22H28N2O/c1-14-6-10-17(18(25)13-14)22(2,3)19-11-9-16-8-7-15-5-4-12-23-20(15)21(16)24-19/h4-5,7-8,12,14,17,19,24H,6,9-11,13H2,1-3H3/t14-,17?,19?/m1/s1. The molecule has 2 aromatic rings. The third-order valence-corrected chi connectivity index (χ3v) is 6.56. The fraction of sp³-hybridized carbons (Fsp3) is 0.545. The van der Waals surface area contributed by atoms with E-state index in [0.29, 0.717) is 17.7 Å². The van der Waals surface area contributed by atoms with Gasteiger partial charge < -0.3 is 5.32 Å². The number of nitrogens with zero attached hydrogens (tertiary/aromatic N) is 1. The van der Waals surface area contributed by atoms with Crippen molar-refractivity contribution in [3.8, 4) is 0 Å². The van der Waals surface area contributed by atoms with Crippen LogP contribution in [0.25, 0.3) is 10.9 Å². The molecular formula is C22H28N2O. The Morgan fingerprint density at radius 2 is 2.00 bits per heavy atom. The maximum absolute atomic E-state index is 12.7. The number of fused-ring (bicyclic) bond motifs is 3. The summed E-state index contributed by atoms with van der Waals surface area (Å²) in [6.07, 6.45) is 6.96. The van der Waals surface area contributed by atoms with Gasteiger partial charge in [-0.3, -0.25) is 9.78 Å². The maximum atomic E-state index is 12.7. The van der Waals surface area contributed by atoms with E-state index in [-0.39, 0.29) is 11.3 Å². The number of pyridine rings is 1. The highest BCUT2D eigenvalue weighted by Crippen LogP contribution is 2.45. The van der Waals surface area contributed by atoms with Crippen molar-refractivity contribution in [1.29, 1.82) is 0 Å². The van der Waals surface area contributed by atoms with E-state index < -0.39 is 0 Å². The van der Waals surface area contributed by atoms with E-state index in [4.69, 9.17) is 0 Å². The molecule has 3 nitrogen and oxygen atoms in total. The molecule has 1 aliphatic carbocycles. The number of anilines is 1. The summed E-state index contributed by atoms with van der Waals surface area (Å²) in [4.78, 5) is 17.3. The first-order valence-corrected chi connectivity index (χ1v) is 9.62. The smallest absolute Gasteiger partial charge is 0.136 e. The highest BCUT2D eigenvalue weighted by molar-refractivity contribution is 5.92. The number of aryl methyl sites for hydroxylation is 1. The Bertz CT molecular complexity index is 811. The second-order valence-electron chi connectivity index (χ2n) is 8.64. The third kappa shape index (κ3) is 2.84. The SMILES string of the molecule is C[C@@H]1CCC(C(C)(C)C2CCc3ccc4cccnc4c3N2)C(=O)C1. The Morgan fingerprint density at radius 3 is 2.80 bits per heavy atom. The lowest BCUT2D eigenvalue weighted by Gasteiger charge is -2.45. The number of benzene rings is 1. The highest BCUT2D eigenvalue weighted by Gasteiger charge is 2.44. The van der Waals surface area contributed by atoms with Gasteiger partial charge in [0.25, 0.3) is 0 Å². The number of carbonyl (C=O) groups excluding carboxylic acids is 1. The number of carbonyl (C=O) groups is 1. The van der Waals surface area contributed by atoms with Gasteiger partial charge in [-0.05, 0) is 48.6 Å². The topological polar surface area (TPSA) is 42.0 Å². The fourth-order valence-electron chi connectivity index (χ4n) is 4.89. The maximum Gasteiger partial charge on any atom is 0.136 e. The van der Waals surface area contributed by atoms with E-state index in [9.17, 15) is 4.79 Å². The molecule has 1 aliphatic heterocycles. The molecule has 2 heterocycles. The molecule has 1 saturated carbocycles. The number of Topliss-reactive ketones (excluding diaryl/α,β-unsaturated/α-hetero) is 1. The van der Waals surface area contributed by atoms with E-state index in [1.54, 1.807) is 0 Å². The summed E-state index contributed by atoms with van der Waals surface area (Å²) in [5.41, 5.74) is 3.55. The minimum atomic E-state index is -0.0359. The molecule has 3 atom stereocenters. The number of nitrogens with one attached hydrogen (secondary N) is 1. The van der Waals surface area contributed by atoms with Gasteiger partial charge in [0.1, 0.15) is 5.78 Å². The lowest BCUT2D eigenvalue weighted by atomic mass is 9.63. The van der Waals surface area contributed by atoms with Crippen LogP contribution >= 0.6 is 0 Å². The van der Waals surface area contributed by atoms with Crippen molar-refractivity contribution in [2.24, 2.45) is 17.3 Å². The van der Waals surface area contributed by atoms with Gasteiger partial charge in [0.2, 0.25) is 0 Å². The van der Waals surface area contributed by atoms with Gasteiger partial charge in [0.05, 0.1) is 11.2 Å². The van der Waals surface area contributed by atoms with Crippen LogP contribution < -0.4 is 5.32 Å². The molecule has 1 aromatic heterocycles. The number of aromatic nitrogens is 1. The van der Waals surface area contributed by atoms with Crippen LogP contribution in [0.15, 0.2) is 30.5 Å². The predicted octanol–water partition coefficient (Wildman–Crippen LogP) is 4.99. The van der Waals surface area contributed by atoms with Crippen molar-refractivity contribution in [1.82, 2.24) is 4.98 Å². The minimum Gasteiger partial charge on any atom is -0.380 e. The molecule has 2 unspecified atom stereocenters. The first kappa shape index (κ1) is 16.6. The summed E-state index contributed by atoms with van der Waals surface area (Å²) in [5, 5.41) is 4.97. The summed E-state index contributed by atoms with van der Waals surface area (Å²) in [7, 11) is 0. The van der Waals surface area contributed by atoms with Gasteiger partial charge in [-0.25, -0.2) is 0 Å². The minimum absolute atomic E-state index is 0.0359. The molecule has 0 saturated heterocycles. The van der Waals surface area contributed by atoms with Crippen molar-refractivity contribution in [2.75, 3.05) is 5.32 Å². The molecule has 1 N–H and O–H groups in total. The van der Waals surface area contributed by atoms with Crippen LogP contribution in [-0.4, -0.2) is 16.8 Å². The van der Waals surface area contributed by atoms with Gasteiger partial charge in [0, 0.05) is 30.0 Å². The van der Waals surface area contributed by atoms with Crippen molar-refractivity contribution < 1.29 is 4.79 Å². The van der Waals surface area contributed by atoms with Gasteiger partial charge in [-0.15, -0.1) is 0 Å². The fourth-order valence-corrected chi connectivity index (χ4v) is 4.89. The van der Waals surface area contributed by atoms with Crippen molar-refractivity contribution >= 4 is 22.4 Å². The van der Waals surface area contributed by atoms with Gasteiger partial charge in [0.15, 0.2) is 0 Å². The molecule has 25 heavy (non-hydrogen) atoms. The van der Waals surface area contributed by atoms with Crippen LogP contribution in [0.1, 0.15) is 52.0 Å². The number of hydrogen-bond donors (Lipinski definition) is 1. The van der Waals surface area contributed by atoms with Crippen LogP contribution in [0.4, 0.5) is 5.69 Å². The molecule has 0 radical (unpaired) electrons. The normalized spacial score (nSPS) is 27.0. The van der Waals surface area contributed by atoms with Gasteiger partial charge >= 0.3 is 0 Å². The molecule has 0 amide bonds. The van der Waals surface area contributed by atoms with Crippen molar-refractivity contribution in [2.45, 2.75) is 58.9 Å². The first-order valence-electron chi connectivity index (χ1n) is 9.62.